The second-order valence-corrected chi connectivity index (χ2v) is 7.48. The van der Waals surface area contributed by atoms with Crippen LogP contribution in [-0.4, -0.2) is 19.8 Å². The molecule has 8 heteroatoms. The Balaban J connectivity index is 2.07. The van der Waals surface area contributed by atoms with Gasteiger partial charge < -0.3 is 9.47 Å². The summed E-state index contributed by atoms with van der Waals surface area (Å²) in [7, 11) is -9.60. The van der Waals surface area contributed by atoms with Crippen LogP contribution in [0.5, 0.6) is 5.75 Å². The number of hydrogen-bond acceptors (Lipinski definition) is 2. The van der Waals surface area contributed by atoms with Gasteiger partial charge in [-0.2, -0.15) is 0 Å². The van der Waals surface area contributed by atoms with E-state index in [1.165, 1.54) is 0 Å². The van der Waals surface area contributed by atoms with Crippen molar-refractivity contribution in [2.45, 2.75) is 18.2 Å². The summed E-state index contributed by atoms with van der Waals surface area (Å²) < 4.78 is 73.0. The van der Waals surface area contributed by atoms with Crippen LogP contribution in [0.2, 0.25) is 0 Å². The van der Waals surface area contributed by atoms with Gasteiger partial charge in [-0.05, 0) is 30.7 Å². The lowest BCUT2D eigenvalue weighted by molar-refractivity contribution is -0.133. The van der Waals surface area contributed by atoms with Crippen molar-refractivity contribution >= 4 is 10.2 Å². The zero-order chi connectivity index (χ0) is 15.1. The number of benzene rings is 1. The standard InChI is InChI=1S/C12H15F5O2S/c1-2-12(7-18-8-12)9-19-10-3-5-11(6-4-10)20(13,14,15,16)17/h3-6H,2,7-9H2,1H3. The normalized spacial score (nSPS) is 21.5. The van der Waals surface area contributed by atoms with Crippen LogP contribution in [0.25, 0.3) is 0 Å². The monoisotopic (exact) mass is 318 g/mol. The molecular weight excluding hydrogens is 303 g/mol. The molecule has 0 bridgehead atoms. The van der Waals surface area contributed by atoms with Gasteiger partial charge >= 0.3 is 10.2 Å². The average Bonchev–Trinajstić information content (AvgIpc) is 2.26. The fourth-order valence-corrected chi connectivity index (χ4v) is 2.46. The zero-order valence-electron chi connectivity index (χ0n) is 10.8. The van der Waals surface area contributed by atoms with Gasteiger partial charge in [0.05, 0.1) is 25.2 Å². The molecule has 1 aromatic rings. The van der Waals surface area contributed by atoms with Crippen LogP contribution in [-0.2, 0) is 4.74 Å². The highest BCUT2D eigenvalue weighted by Crippen LogP contribution is 3.02. The minimum atomic E-state index is -9.60. The van der Waals surface area contributed by atoms with Crippen LogP contribution < -0.4 is 4.74 Å². The molecule has 0 atom stereocenters. The van der Waals surface area contributed by atoms with Crippen molar-refractivity contribution in [1.29, 1.82) is 0 Å². The third-order valence-corrected chi connectivity index (χ3v) is 4.54. The first-order valence-electron chi connectivity index (χ1n) is 5.99. The maximum Gasteiger partial charge on any atom is 0.310 e. The first-order chi connectivity index (χ1) is 8.94. The first kappa shape index (κ1) is 15.4. The Bertz CT molecular complexity index is 487. The van der Waals surface area contributed by atoms with Crippen molar-refractivity contribution in [2.24, 2.45) is 5.41 Å². The van der Waals surface area contributed by atoms with Gasteiger partial charge in [0, 0.05) is 0 Å². The molecule has 2 nitrogen and oxygen atoms in total. The SMILES string of the molecule is CCC1(COc2ccc(S(F)(F)(F)(F)F)cc2)COC1. The second-order valence-electron chi connectivity index (χ2n) is 5.08. The van der Waals surface area contributed by atoms with E-state index in [2.05, 4.69) is 0 Å². The molecule has 0 aromatic heterocycles. The lowest BCUT2D eigenvalue weighted by atomic mass is 9.84. The van der Waals surface area contributed by atoms with Crippen molar-refractivity contribution in [2.75, 3.05) is 19.8 Å². The highest BCUT2D eigenvalue weighted by molar-refractivity contribution is 8.45. The molecule has 2 rings (SSSR count). The van der Waals surface area contributed by atoms with E-state index in [-0.39, 0.29) is 11.2 Å². The number of halogens is 5. The van der Waals surface area contributed by atoms with Crippen LogP contribution in [0.1, 0.15) is 13.3 Å². The Morgan fingerprint density at radius 3 is 2.00 bits per heavy atom. The third-order valence-electron chi connectivity index (χ3n) is 3.38. The van der Waals surface area contributed by atoms with Crippen LogP contribution in [0, 0.1) is 5.41 Å². The van der Waals surface area contributed by atoms with Gasteiger partial charge in [-0.15, -0.1) is 0 Å². The van der Waals surface area contributed by atoms with Crippen molar-refractivity contribution < 1.29 is 28.9 Å². The number of rotatable bonds is 5. The average molecular weight is 318 g/mol. The number of hydrogen-bond donors (Lipinski definition) is 0. The van der Waals surface area contributed by atoms with E-state index in [1.807, 2.05) is 6.92 Å². The van der Waals surface area contributed by atoms with Gasteiger partial charge in [-0.25, -0.2) is 0 Å². The third kappa shape index (κ3) is 3.35. The molecule has 1 aliphatic heterocycles. The Labute approximate surface area is 113 Å². The molecule has 0 amide bonds. The summed E-state index contributed by atoms with van der Waals surface area (Å²) in [5.74, 6) is 0.135. The Morgan fingerprint density at radius 1 is 1.10 bits per heavy atom. The summed E-state index contributed by atoms with van der Waals surface area (Å²) in [6, 6.07) is 2.53. The van der Waals surface area contributed by atoms with Crippen LogP contribution >= 0.6 is 10.2 Å². The molecule has 116 valence electrons. The Morgan fingerprint density at radius 2 is 1.65 bits per heavy atom. The predicted molar refractivity (Wildman–Crippen MR) is 66.9 cm³/mol. The zero-order valence-corrected chi connectivity index (χ0v) is 11.6. The van der Waals surface area contributed by atoms with Gasteiger partial charge in [0.1, 0.15) is 10.6 Å². The van der Waals surface area contributed by atoms with E-state index < -0.39 is 15.1 Å². The van der Waals surface area contributed by atoms with E-state index in [9.17, 15) is 19.4 Å². The Kier molecular flexibility index (Phi) is 3.08. The second kappa shape index (κ2) is 4.00. The molecule has 20 heavy (non-hydrogen) atoms. The van der Waals surface area contributed by atoms with Gasteiger partial charge in [-0.3, -0.25) is 0 Å². The van der Waals surface area contributed by atoms with Gasteiger partial charge in [0.2, 0.25) is 0 Å². The van der Waals surface area contributed by atoms with Crippen LogP contribution in [0.4, 0.5) is 19.4 Å². The summed E-state index contributed by atoms with van der Waals surface area (Å²) in [6.07, 6.45) is 0.816. The molecular formula is C12H15F5O2S. The Hall–Kier alpha value is -1.02. The lowest BCUT2D eigenvalue weighted by Crippen LogP contribution is -2.46. The molecule has 1 heterocycles. The van der Waals surface area contributed by atoms with E-state index in [0.717, 1.165) is 18.6 Å². The van der Waals surface area contributed by atoms with Crippen LogP contribution in [0.3, 0.4) is 0 Å². The number of ether oxygens (including phenoxy) is 2. The molecule has 0 radical (unpaired) electrons. The fraction of sp³-hybridized carbons (Fsp3) is 0.500. The molecule has 0 aliphatic carbocycles. The smallest absolute Gasteiger partial charge is 0.310 e. The van der Waals surface area contributed by atoms with E-state index in [0.29, 0.717) is 32.0 Å². The lowest BCUT2D eigenvalue weighted by Gasteiger charge is -2.41. The van der Waals surface area contributed by atoms with Crippen molar-refractivity contribution in [3.63, 3.8) is 0 Å². The van der Waals surface area contributed by atoms with E-state index in [1.54, 1.807) is 0 Å². The van der Waals surface area contributed by atoms with Gasteiger partial charge in [-0.1, -0.05) is 26.4 Å². The molecule has 1 saturated heterocycles. The van der Waals surface area contributed by atoms with Crippen molar-refractivity contribution in [1.82, 2.24) is 0 Å². The van der Waals surface area contributed by atoms with Crippen molar-refractivity contribution in [3.05, 3.63) is 24.3 Å². The minimum Gasteiger partial charge on any atom is -0.493 e. The van der Waals surface area contributed by atoms with Crippen LogP contribution in [0.15, 0.2) is 29.2 Å². The summed E-state index contributed by atoms with van der Waals surface area (Å²) in [4.78, 5) is -1.91. The predicted octanol–water partition coefficient (Wildman–Crippen LogP) is 5.15. The summed E-state index contributed by atoms with van der Waals surface area (Å²) in [5.41, 5.74) is -0.126. The largest absolute Gasteiger partial charge is 0.493 e. The molecule has 1 aromatic carbocycles. The molecule has 0 N–H and O–H groups in total. The van der Waals surface area contributed by atoms with Gasteiger partial charge in [0.25, 0.3) is 0 Å². The molecule has 0 saturated carbocycles. The molecule has 1 aliphatic rings. The maximum atomic E-state index is 12.5. The first-order valence-corrected chi connectivity index (χ1v) is 7.94. The molecule has 0 unspecified atom stereocenters. The molecule has 1 fully saturated rings. The van der Waals surface area contributed by atoms with E-state index in [4.69, 9.17) is 9.47 Å². The quantitative estimate of drug-likeness (QED) is 0.699. The summed E-state index contributed by atoms with van der Waals surface area (Å²) in [6.45, 7) is 3.32. The van der Waals surface area contributed by atoms with Crippen molar-refractivity contribution in [3.8, 4) is 5.75 Å². The van der Waals surface area contributed by atoms with E-state index >= 15 is 0 Å². The minimum absolute atomic E-state index is 0.126. The highest BCUT2D eigenvalue weighted by Gasteiger charge is 2.65. The highest BCUT2D eigenvalue weighted by atomic mass is 32.5. The molecule has 0 spiro atoms. The topological polar surface area (TPSA) is 18.5 Å². The summed E-state index contributed by atoms with van der Waals surface area (Å²) in [5, 5.41) is 0. The fourth-order valence-electron chi connectivity index (χ4n) is 1.81. The maximum absolute atomic E-state index is 12.5. The summed E-state index contributed by atoms with van der Waals surface area (Å²) >= 11 is 0. The van der Waals surface area contributed by atoms with Gasteiger partial charge in [0.15, 0.2) is 0 Å².